The highest BCUT2D eigenvalue weighted by Crippen LogP contribution is 2.27. The molecule has 0 aliphatic carbocycles. The first-order valence-electron chi connectivity index (χ1n) is 9.82. The van der Waals surface area contributed by atoms with Gasteiger partial charge in [-0.05, 0) is 79.6 Å². The normalized spacial score (nSPS) is 11.1. The Labute approximate surface area is 191 Å². The predicted octanol–water partition coefficient (Wildman–Crippen LogP) is 5.63. The highest BCUT2D eigenvalue weighted by Gasteiger charge is 2.18. The van der Waals surface area contributed by atoms with E-state index in [0.29, 0.717) is 18.0 Å². The molecule has 3 rings (SSSR count). The van der Waals surface area contributed by atoms with Gasteiger partial charge in [0.2, 0.25) is 0 Å². The Bertz CT molecular complexity index is 1230. The summed E-state index contributed by atoms with van der Waals surface area (Å²) >= 11 is 6.13. The molecule has 9 heteroatoms. The highest BCUT2D eigenvalue weighted by atomic mass is 35.5. The second kappa shape index (κ2) is 10.0. The number of rotatable bonds is 8. The van der Waals surface area contributed by atoms with Gasteiger partial charge in [-0.1, -0.05) is 18.5 Å². The largest absolute Gasteiger partial charge is 0.494 e. The van der Waals surface area contributed by atoms with E-state index in [1.807, 2.05) is 19.9 Å². The Hall–Kier alpha value is -3.10. The van der Waals surface area contributed by atoms with E-state index in [0.717, 1.165) is 36.2 Å². The standard InChI is InChI=1S/C23H22ClFN2O4S/c1-3-12-31-18-7-11-21(15(2)13-18)26-23(28)16-4-10-20(24)22(14-16)27-32(29,30)19-8-5-17(25)6-9-19/h4-11,13-14,27H,3,12H2,1-2H3,(H,26,28). The van der Waals surface area contributed by atoms with Crippen molar-refractivity contribution in [2.75, 3.05) is 16.6 Å². The molecule has 2 N–H and O–H groups in total. The summed E-state index contributed by atoms with van der Waals surface area (Å²) < 4.78 is 46.2. The SMILES string of the molecule is CCCOc1ccc(NC(=O)c2ccc(Cl)c(NS(=O)(=O)c3ccc(F)cc3)c2)c(C)c1. The van der Waals surface area contributed by atoms with Crippen molar-refractivity contribution in [1.29, 1.82) is 0 Å². The van der Waals surface area contributed by atoms with E-state index in [9.17, 15) is 17.6 Å². The zero-order valence-corrected chi connectivity index (χ0v) is 19.1. The summed E-state index contributed by atoms with van der Waals surface area (Å²) in [6.07, 6.45) is 0.890. The molecule has 0 aliphatic heterocycles. The molecule has 0 saturated heterocycles. The number of hydrogen-bond donors (Lipinski definition) is 2. The molecule has 0 aliphatic rings. The Morgan fingerprint density at radius 1 is 1.03 bits per heavy atom. The maximum Gasteiger partial charge on any atom is 0.261 e. The molecular formula is C23H22ClFN2O4S. The summed E-state index contributed by atoms with van der Waals surface area (Å²) in [4.78, 5) is 12.6. The van der Waals surface area contributed by atoms with Crippen molar-refractivity contribution in [3.05, 3.63) is 82.6 Å². The van der Waals surface area contributed by atoms with Crippen molar-refractivity contribution in [2.24, 2.45) is 0 Å². The van der Waals surface area contributed by atoms with Crippen molar-refractivity contribution < 1.29 is 22.3 Å². The number of carbonyl (C=O) groups is 1. The third-order valence-electron chi connectivity index (χ3n) is 4.52. The maximum atomic E-state index is 13.1. The molecule has 0 bridgehead atoms. The third kappa shape index (κ3) is 5.77. The lowest BCUT2D eigenvalue weighted by Gasteiger charge is -2.13. The van der Waals surface area contributed by atoms with Crippen LogP contribution >= 0.6 is 11.6 Å². The zero-order valence-electron chi connectivity index (χ0n) is 17.5. The molecule has 0 atom stereocenters. The van der Waals surface area contributed by atoms with Gasteiger partial charge in [-0.15, -0.1) is 0 Å². The van der Waals surface area contributed by atoms with Crippen LogP contribution in [0.25, 0.3) is 0 Å². The van der Waals surface area contributed by atoms with Gasteiger partial charge in [0.25, 0.3) is 15.9 Å². The summed E-state index contributed by atoms with van der Waals surface area (Å²) in [7, 11) is -4.02. The van der Waals surface area contributed by atoms with E-state index in [4.69, 9.17) is 16.3 Å². The molecular weight excluding hydrogens is 455 g/mol. The quantitative estimate of drug-likeness (QED) is 0.441. The molecule has 0 fully saturated rings. The number of nitrogens with one attached hydrogen (secondary N) is 2. The Kier molecular flexibility index (Phi) is 7.37. The monoisotopic (exact) mass is 476 g/mol. The van der Waals surface area contributed by atoms with Gasteiger partial charge in [-0.2, -0.15) is 0 Å². The smallest absolute Gasteiger partial charge is 0.261 e. The third-order valence-corrected chi connectivity index (χ3v) is 6.23. The second-order valence-electron chi connectivity index (χ2n) is 7.03. The lowest BCUT2D eigenvalue weighted by atomic mass is 10.1. The topological polar surface area (TPSA) is 84.5 Å². The van der Waals surface area contributed by atoms with Crippen LogP contribution in [-0.4, -0.2) is 20.9 Å². The minimum atomic E-state index is -4.02. The van der Waals surface area contributed by atoms with E-state index in [1.54, 1.807) is 12.1 Å². The molecule has 0 heterocycles. The number of anilines is 2. The van der Waals surface area contributed by atoms with Gasteiger partial charge in [-0.3, -0.25) is 9.52 Å². The molecule has 32 heavy (non-hydrogen) atoms. The van der Waals surface area contributed by atoms with Crippen LogP contribution in [0.15, 0.2) is 65.6 Å². The lowest BCUT2D eigenvalue weighted by Crippen LogP contribution is -2.16. The van der Waals surface area contributed by atoms with Gasteiger partial charge in [0.1, 0.15) is 11.6 Å². The lowest BCUT2D eigenvalue weighted by molar-refractivity contribution is 0.102. The van der Waals surface area contributed by atoms with Crippen LogP contribution in [0.2, 0.25) is 5.02 Å². The molecule has 3 aromatic carbocycles. The summed E-state index contributed by atoms with van der Waals surface area (Å²) in [6.45, 7) is 4.46. The first-order valence-corrected chi connectivity index (χ1v) is 11.7. The minimum Gasteiger partial charge on any atom is -0.494 e. The molecule has 6 nitrogen and oxygen atoms in total. The number of carbonyl (C=O) groups excluding carboxylic acids is 1. The van der Waals surface area contributed by atoms with E-state index >= 15 is 0 Å². The van der Waals surface area contributed by atoms with Crippen LogP contribution in [0.5, 0.6) is 5.75 Å². The molecule has 0 unspecified atom stereocenters. The summed E-state index contributed by atoms with van der Waals surface area (Å²) in [5.41, 5.74) is 1.65. The number of benzene rings is 3. The van der Waals surface area contributed by atoms with Gasteiger partial charge in [-0.25, -0.2) is 12.8 Å². The Morgan fingerprint density at radius 2 is 1.75 bits per heavy atom. The maximum absolute atomic E-state index is 13.1. The van der Waals surface area contributed by atoms with Gasteiger partial charge >= 0.3 is 0 Å². The van der Waals surface area contributed by atoms with E-state index < -0.39 is 21.7 Å². The van der Waals surface area contributed by atoms with Crippen molar-refractivity contribution in [3.8, 4) is 5.75 Å². The number of sulfonamides is 1. The van der Waals surface area contributed by atoms with Crippen LogP contribution in [0.1, 0.15) is 29.3 Å². The summed E-state index contributed by atoms with van der Waals surface area (Å²) in [5.74, 6) is -0.276. The summed E-state index contributed by atoms with van der Waals surface area (Å²) in [5, 5.41) is 2.91. The van der Waals surface area contributed by atoms with Crippen molar-refractivity contribution in [3.63, 3.8) is 0 Å². The van der Waals surface area contributed by atoms with Crippen molar-refractivity contribution >= 4 is 38.9 Å². The molecule has 0 radical (unpaired) electrons. The first kappa shape index (κ1) is 23.6. The number of hydrogen-bond acceptors (Lipinski definition) is 4. The second-order valence-corrected chi connectivity index (χ2v) is 9.12. The van der Waals surface area contributed by atoms with E-state index in [2.05, 4.69) is 10.0 Å². The van der Waals surface area contributed by atoms with E-state index in [1.165, 1.54) is 18.2 Å². The predicted molar refractivity (Wildman–Crippen MR) is 124 cm³/mol. The number of halogens is 2. The number of ether oxygens (including phenoxy) is 1. The average molecular weight is 477 g/mol. The molecule has 3 aromatic rings. The molecule has 0 saturated carbocycles. The first-order chi connectivity index (χ1) is 15.2. The van der Waals surface area contributed by atoms with Gasteiger partial charge in [0, 0.05) is 11.3 Å². The molecule has 168 valence electrons. The Morgan fingerprint density at radius 3 is 2.41 bits per heavy atom. The fourth-order valence-corrected chi connectivity index (χ4v) is 4.13. The minimum absolute atomic E-state index is 0.0312. The molecule has 0 spiro atoms. The van der Waals surface area contributed by atoms with Crippen molar-refractivity contribution in [1.82, 2.24) is 0 Å². The Balaban J connectivity index is 1.79. The molecule has 0 aromatic heterocycles. The van der Waals surface area contributed by atoms with Crippen LogP contribution in [0.3, 0.4) is 0 Å². The van der Waals surface area contributed by atoms with Crippen LogP contribution < -0.4 is 14.8 Å². The summed E-state index contributed by atoms with van der Waals surface area (Å²) in [6, 6.07) is 13.9. The van der Waals surface area contributed by atoms with Gasteiger partial charge < -0.3 is 10.1 Å². The van der Waals surface area contributed by atoms with Crippen LogP contribution in [0, 0.1) is 12.7 Å². The fourth-order valence-electron chi connectivity index (χ4n) is 2.84. The van der Waals surface area contributed by atoms with Crippen LogP contribution in [0.4, 0.5) is 15.8 Å². The van der Waals surface area contributed by atoms with E-state index in [-0.39, 0.29) is 21.2 Å². The molecule has 1 amide bonds. The number of amides is 1. The van der Waals surface area contributed by atoms with Gasteiger partial charge in [0.05, 0.1) is 22.2 Å². The van der Waals surface area contributed by atoms with Gasteiger partial charge in [0.15, 0.2) is 0 Å². The average Bonchev–Trinajstić information content (AvgIpc) is 2.75. The van der Waals surface area contributed by atoms with Crippen LogP contribution in [-0.2, 0) is 10.0 Å². The fraction of sp³-hybridized carbons (Fsp3) is 0.174. The number of aryl methyl sites for hydroxylation is 1. The zero-order chi connectivity index (χ0) is 23.3. The highest BCUT2D eigenvalue weighted by molar-refractivity contribution is 7.92. The van der Waals surface area contributed by atoms with Crippen molar-refractivity contribution in [2.45, 2.75) is 25.2 Å².